The summed E-state index contributed by atoms with van der Waals surface area (Å²) in [5.74, 6) is -0.388. The quantitative estimate of drug-likeness (QED) is 0.557. The second-order valence-electron chi connectivity index (χ2n) is 1.85. The van der Waals surface area contributed by atoms with Gasteiger partial charge in [0.05, 0.1) is 0 Å². The van der Waals surface area contributed by atoms with Crippen molar-refractivity contribution in [3.8, 4) is 0 Å². The third-order valence-corrected chi connectivity index (χ3v) is 1.37. The van der Waals surface area contributed by atoms with Crippen molar-refractivity contribution in [1.29, 1.82) is 0 Å². The van der Waals surface area contributed by atoms with Crippen LogP contribution in [0.2, 0.25) is 0 Å². The molecule has 0 N–H and O–H groups in total. The smallest absolute Gasteiger partial charge is 0.198 e. The van der Waals surface area contributed by atoms with Gasteiger partial charge in [0.15, 0.2) is 5.63 Å². The van der Waals surface area contributed by atoms with Gasteiger partial charge >= 0.3 is 0 Å². The SMILES string of the molecule is Fc1ccc(C(F)Cl)cc1. The molecule has 0 saturated carbocycles. The fraction of sp³-hybridized carbons (Fsp3) is 0.143. The van der Waals surface area contributed by atoms with Crippen molar-refractivity contribution in [2.45, 2.75) is 5.63 Å². The number of hydrogen-bond donors (Lipinski definition) is 0. The van der Waals surface area contributed by atoms with E-state index >= 15 is 0 Å². The molecule has 0 saturated heterocycles. The van der Waals surface area contributed by atoms with Crippen LogP contribution < -0.4 is 0 Å². The lowest BCUT2D eigenvalue weighted by Crippen LogP contribution is -1.81. The minimum Gasteiger partial charge on any atom is -0.225 e. The first kappa shape index (κ1) is 7.48. The molecule has 10 heavy (non-hydrogen) atoms. The third kappa shape index (κ3) is 1.67. The Kier molecular flexibility index (Phi) is 2.22. The largest absolute Gasteiger partial charge is 0.225 e. The summed E-state index contributed by atoms with van der Waals surface area (Å²) < 4.78 is 24.4. The van der Waals surface area contributed by atoms with Crippen LogP contribution in [0.1, 0.15) is 11.2 Å². The maximum Gasteiger partial charge on any atom is 0.198 e. The Labute approximate surface area is 62.4 Å². The van der Waals surface area contributed by atoms with Gasteiger partial charge in [0.1, 0.15) is 5.82 Å². The Morgan fingerprint density at radius 3 is 2.10 bits per heavy atom. The second-order valence-corrected chi connectivity index (χ2v) is 2.24. The molecular weight excluding hydrogens is 158 g/mol. The highest BCUT2D eigenvalue weighted by atomic mass is 35.5. The van der Waals surface area contributed by atoms with Gasteiger partial charge in [-0.2, -0.15) is 0 Å². The van der Waals surface area contributed by atoms with Crippen LogP contribution in [0.5, 0.6) is 0 Å². The molecule has 1 rings (SSSR count). The predicted molar refractivity (Wildman–Crippen MR) is 36.1 cm³/mol. The standard InChI is InChI=1S/C7H5ClF2/c8-7(10)5-1-3-6(9)4-2-5/h1-4,7H. The molecule has 0 spiro atoms. The Balaban J connectivity index is 2.89. The highest BCUT2D eigenvalue weighted by molar-refractivity contribution is 6.19. The molecule has 54 valence electrons. The van der Waals surface area contributed by atoms with E-state index in [1.807, 2.05) is 0 Å². The normalized spacial score (nSPS) is 13.1. The fourth-order valence-electron chi connectivity index (χ4n) is 0.608. The van der Waals surface area contributed by atoms with E-state index in [2.05, 4.69) is 0 Å². The van der Waals surface area contributed by atoms with E-state index in [4.69, 9.17) is 11.6 Å². The molecule has 1 atom stereocenters. The summed E-state index contributed by atoms with van der Waals surface area (Å²) in [5, 5.41) is 0. The third-order valence-electron chi connectivity index (χ3n) is 1.12. The lowest BCUT2D eigenvalue weighted by Gasteiger charge is -1.97. The summed E-state index contributed by atoms with van der Waals surface area (Å²) in [6.07, 6.45) is 0. The van der Waals surface area contributed by atoms with Crippen molar-refractivity contribution in [2.24, 2.45) is 0 Å². The van der Waals surface area contributed by atoms with Gasteiger partial charge in [-0.05, 0) is 12.1 Å². The van der Waals surface area contributed by atoms with E-state index < -0.39 is 5.63 Å². The van der Waals surface area contributed by atoms with Crippen LogP contribution in [-0.4, -0.2) is 0 Å². The molecule has 1 unspecified atom stereocenters. The number of alkyl halides is 2. The van der Waals surface area contributed by atoms with Crippen molar-refractivity contribution in [3.05, 3.63) is 35.6 Å². The van der Waals surface area contributed by atoms with E-state index in [0.29, 0.717) is 0 Å². The van der Waals surface area contributed by atoms with E-state index in [9.17, 15) is 8.78 Å². The van der Waals surface area contributed by atoms with Gasteiger partial charge in [-0.25, -0.2) is 8.78 Å². The summed E-state index contributed by atoms with van der Waals surface area (Å²) in [6.45, 7) is 0. The van der Waals surface area contributed by atoms with Gasteiger partial charge in [-0.15, -0.1) is 0 Å². The van der Waals surface area contributed by atoms with Gasteiger partial charge in [-0.1, -0.05) is 23.7 Å². The topological polar surface area (TPSA) is 0 Å². The van der Waals surface area contributed by atoms with Crippen molar-refractivity contribution in [1.82, 2.24) is 0 Å². The first-order chi connectivity index (χ1) is 4.70. The van der Waals surface area contributed by atoms with Crippen LogP contribution in [0.25, 0.3) is 0 Å². The Bertz CT molecular complexity index is 205. The van der Waals surface area contributed by atoms with Crippen molar-refractivity contribution >= 4 is 11.6 Å². The van der Waals surface area contributed by atoms with Crippen LogP contribution in [0.3, 0.4) is 0 Å². The Morgan fingerprint density at radius 2 is 1.70 bits per heavy atom. The summed E-state index contributed by atoms with van der Waals surface area (Å²) in [5.41, 5.74) is -1.26. The molecule has 0 nitrogen and oxygen atoms in total. The predicted octanol–water partition coefficient (Wildman–Crippen LogP) is 3.03. The van der Waals surface area contributed by atoms with Crippen LogP contribution >= 0.6 is 11.6 Å². The van der Waals surface area contributed by atoms with E-state index in [0.717, 1.165) is 0 Å². The van der Waals surface area contributed by atoms with Gasteiger partial charge in [0, 0.05) is 5.56 Å². The fourth-order valence-corrected chi connectivity index (χ4v) is 0.754. The van der Waals surface area contributed by atoms with Crippen molar-refractivity contribution in [2.75, 3.05) is 0 Å². The molecule has 3 heteroatoms. The molecule has 0 radical (unpaired) electrons. The average molecular weight is 163 g/mol. The minimum absolute atomic E-state index is 0.281. The van der Waals surface area contributed by atoms with Crippen molar-refractivity contribution < 1.29 is 8.78 Å². The molecule has 0 fully saturated rings. The molecule has 1 aromatic carbocycles. The first-order valence-electron chi connectivity index (χ1n) is 2.74. The number of halogens is 3. The Morgan fingerprint density at radius 1 is 1.20 bits per heavy atom. The van der Waals surface area contributed by atoms with E-state index in [1.54, 1.807) is 0 Å². The lowest BCUT2D eigenvalue weighted by atomic mass is 10.2. The zero-order valence-electron chi connectivity index (χ0n) is 5.02. The summed E-state index contributed by atoms with van der Waals surface area (Å²) >= 11 is 5.07. The molecule has 0 aliphatic rings. The zero-order valence-corrected chi connectivity index (χ0v) is 5.78. The molecule has 0 aromatic heterocycles. The van der Waals surface area contributed by atoms with Crippen molar-refractivity contribution in [3.63, 3.8) is 0 Å². The maximum absolute atomic E-state index is 12.2. The number of rotatable bonds is 1. The average Bonchev–Trinajstić information content (AvgIpc) is 1.88. The second kappa shape index (κ2) is 2.97. The minimum atomic E-state index is -1.54. The number of hydrogen-bond acceptors (Lipinski definition) is 0. The molecule has 0 amide bonds. The summed E-state index contributed by atoms with van der Waals surface area (Å²) in [7, 11) is 0. The molecular formula is C7H5ClF2. The van der Waals surface area contributed by atoms with Crippen LogP contribution in [0.15, 0.2) is 24.3 Å². The monoisotopic (exact) mass is 162 g/mol. The summed E-state index contributed by atoms with van der Waals surface area (Å²) in [4.78, 5) is 0. The van der Waals surface area contributed by atoms with Crippen LogP contribution in [0.4, 0.5) is 8.78 Å². The van der Waals surface area contributed by atoms with Gasteiger partial charge in [0.25, 0.3) is 0 Å². The highest BCUT2D eigenvalue weighted by Crippen LogP contribution is 2.20. The van der Waals surface area contributed by atoms with Gasteiger partial charge in [-0.3, -0.25) is 0 Å². The molecule has 1 aromatic rings. The van der Waals surface area contributed by atoms with Gasteiger partial charge < -0.3 is 0 Å². The zero-order chi connectivity index (χ0) is 7.56. The molecule has 0 aliphatic heterocycles. The lowest BCUT2D eigenvalue weighted by molar-refractivity contribution is 0.460. The number of benzene rings is 1. The highest BCUT2D eigenvalue weighted by Gasteiger charge is 2.02. The molecule has 0 bridgehead atoms. The van der Waals surface area contributed by atoms with Crippen LogP contribution in [0, 0.1) is 5.82 Å². The molecule has 0 aliphatic carbocycles. The van der Waals surface area contributed by atoms with Gasteiger partial charge in [0.2, 0.25) is 0 Å². The van der Waals surface area contributed by atoms with Crippen LogP contribution in [-0.2, 0) is 0 Å². The van der Waals surface area contributed by atoms with E-state index in [-0.39, 0.29) is 11.4 Å². The Hall–Kier alpha value is -0.630. The van der Waals surface area contributed by atoms with E-state index in [1.165, 1.54) is 24.3 Å². The molecule has 0 heterocycles. The summed E-state index contributed by atoms with van der Waals surface area (Å²) in [6, 6.07) is 4.97. The maximum atomic E-state index is 12.2. The first-order valence-corrected chi connectivity index (χ1v) is 3.17.